The fraction of sp³-hybridized carbons (Fsp3) is 0. The van der Waals surface area contributed by atoms with Crippen molar-refractivity contribution in [2.45, 2.75) is 4.90 Å². The van der Waals surface area contributed by atoms with Crippen LogP contribution in [0.4, 0.5) is 0 Å². The number of rotatable bonds is 2. The van der Waals surface area contributed by atoms with Gasteiger partial charge in [-0.15, -0.1) is 5.10 Å². The van der Waals surface area contributed by atoms with E-state index in [4.69, 9.17) is 0 Å². The van der Waals surface area contributed by atoms with Crippen LogP contribution in [-0.4, -0.2) is 21.0 Å². The maximum Gasteiger partial charge on any atom is 0.271 e. The minimum atomic E-state index is 0.714. The third kappa shape index (κ3) is 1.08. The van der Waals surface area contributed by atoms with Crippen LogP contribution in [0.2, 0.25) is 0 Å². The Balaban J connectivity index is 2.65. The molecule has 4 nitrogen and oxygen atoms in total. The number of fused-ring (bicyclic) bond motifs is 1. The molecule has 0 spiro atoms. The molecule has 1 radical (unpaired) electrons. The van der Waals surface area contributed by atoms with Crippen LogP contribution in [0.3, 0.4) is 0 Å². The van der Waals surface area contributed by atoms with Crippen molar-refractivity contribution < 1.29 is 4.79 Å². The van der Waals surface area contributed by atoms with Gasteiger partial charge < -0.3 is 0 Å². The van der Waals surface area contributed by atoms with Gasteiger partial charge in [0.15, 0.2) is 0 Å². The Morgan fingerprint density at radius 2 is 2.42 bits per heavy atom. The molecule has 0 saturated carbocycles. The molecular formula is C7H4N3OS. The van der Waals surface area contributed by atoms with Crippen molar-refractivity contribution in [2.24, 2.45) is 0 Å². The molecule has 0 saturated heterocycles. The number of nitrogens with zero attached hydrogens (tertiary/aromatic N) is 2. The van der Waals surface area contributed by atoms with Gasteiger partial charge in [0.2, 0.25) is 0 Å². The van der Waals surface area contributed by atoms with Crippen LogP contribution in [0.15, 0.2) is 23.1 Å². The number of thioether (sulfide) groups is 1. The summed E-state index contributed by atoms with van der Waals surface area (Å²) in [6.07, 6.45) is 0. The third-order valence-corrected chi connectivity index (χ3v) is 2.10. The molecule has 0 unspecified atom stereocenters. The fourth-order valence-corrected chi connectivity index (χ4v) is 1.46. The Morgan fingerprint density at radius 3 is 3.25 bits per heavy atom. The standard InChI is InChI=1S/C7H4N3OS/c11-4-12-6-3-1-2-5-7(6)9-10-8-5/h1-3H,(H,8,9,10). The molecule has 0 bridgehead atoms. The predicted molar refractivity (Wildman–Crippen MR) is 45.4 cm³/mol. The number of H-pyrrole nitrogens is 1. The van der Waals surface area contributed by atoms with Gasteiger partial charge in [0.25, 0.3) is 5.62 Å². The number of hydrogen-bond donors (Lipinski definition) is 1. The van der Waals surface area contributed by atoms with E-state index in [-0.39, 0.29) is 0 Å². The topological polar surface area (TPSA) is 58.6 Å². The molecule has 0 aliphatic rings. The number of hydrogen-bond acceptors (Lipinski definition) is 4. The third-order valence-electron chi connectivity index (χ3n) is 1.47. The van der Waals surface area contributed by atoms with Crippen LogP contribution >= 0.6 is 11.8 Å². The first-order valence-electron chi connectivity index (χ1n) is 3.25. The lowest BCUT2D eigenvalue weighted by Crippen LogP contribution is -1.75. The zero-order valence-corrected chi connectivity index (χ0v) is 6.76. The number of aromatic nitrogens is 3. The zero-order valence-electron chi connectivity index (χ0n) is 5.94. The summed E-state index contributed by atoms with van der Waals surface area (Å²) in [7, 11) is 0. The van der Waals surface area contributed by atoms with Gasteiger partial charge in [-0.2, -0.15) is 0 Å². The van der Waals surface area contributed by atoms with Gasteiger partial charge in [-0.1, -0.05) is 11.3 Å². The summed E-state index contributed by atoms with van der Waals surface area (Å²) in [4.78, 5) is 10.9. The van der Waals surface area contributed by atoms with Crippen molar-refractivity contribution in [1.82, 2.24) is 15.4 Å². The van der Waals surface area contributed by atoms with E-state index in [0.717, 1.165) is 22.2 Å². The molecule has 1 aromatic carbocycles. The highest BCUT2D eigenvalue weighted by Crippen LogP contribution is 2.22. The summed E-state index contributed by atoms with van der Waals surface area (Å²) in [5.41, 5.74) is 3.29. The maximum atomic E-state index is 10.1. The molecule has 59 valence electrons. The minimum Gasteiger partial charge on any atom is -0.277 e. The molecule has 12 heavy (non-hydrogen) atoms. The van der Waals surface area contributed by atoms with Gasteiger partial charge in [0.1, 0.15) is 5.52 Å². The summed E-state index contributed by atoms with van der Waals surface area (Å²) in [5, 5.41) is 10.2. The van der Waals surface area contributed by atoms with Gasteiger partial charge in [-0.3, -0.25) is 9.89 Å². The monoisotopic (exact) mass is 178 g/mol. The second-order valence-electron chi connectivity index (χ2n) is 2.15. The van der Waals surface area contributed by atoms with Crippen LogP contribution in [0.1, 0.15) is 0 Å². The largest absolute Gasteiger partial charge is 0.277 e. The molecule has 0 amide bonds. The first-order valence-corrected chi connectivity index (χ1v) is 4.07. The second-order valence-corrected chi connectivity index (χ2v) is 2.96. The summed E-state index contributed by atoms with van der Waals surface area (Å²) < 4.78 is 0. The molecule has 1 N–H and O–H groups in total. The highest BCUT2D eigenvalue weighted by Gasteiger charge is 2.03. The lowest BCUT2D eigenvalue weighted by atomic mass is 10.3. The number of benzene rings is 1. The zero-order chi connectivity index (χ0) is 8.39. The van der Waals surface area contributed by atoms with Crippen LogP contribution in [-0.2, 0) is 4.79 Å². The van der Waals surface area contributed by atoms with Crippen LogP contribution < -0.4 is 0 Å². The molecule has 0 aliphatic carbocycles. The van der Waals surface area contributed by atoms with Crippen LogP contribution in [0.5, 0.6) is 0 Å². The van der Waals surface area contributed by atoms with E-state index in [9.17, 15) is 4.79 Å². The summed E-state index contributed by atoms with van der Waals surface area (Å²) in [6, 6.07) is 5.49. The summed E-state index contributed by atoms with van der Waals surface area (Å²) in [5.74, 6) is 0. The molecule has 1 aromatic heterocycles. The normalized spacial score (nSPS) is 10.3. The lowest BCUT2D eigenvalue weighted by molar-refractivity contribution is 0.570. The average molecular weight is 178 g/mol. The minimum absolute atomic E-state index is 0.714. The van der Waals surface area contributed by atoms with Crippen molar-refractivity contribution in [3.05, 3.63) is 18.2 Å². The van der Waals surface area contributed by atoms with E-state index in [1.807, 2.05) is 12.1 Å². The van der Waals surface area contributed by atoms with Crippen molar-refractivity contribution in [2.75, 3.05) is 0 Å². The highest BCUT2D eigenvalue weighted by atomic mass is 32.2. The maximum absolute atomic E-state index is 10.1. The average Bonchev–Trinajstić information content (AvgIpc) is 2.53. The Morgan fingerprint density at radius 1 is 1.50 bits per heavy atom. The summed E-state index contributed by atoms with van der Waals surface area (Å²) >= 11 is 0.981. The first kappa shape index (κ1) is 7.30. The Bertz CT molecular complexity index is 412. The number of nitrogens with one attached hydrogen (secondary N) is 1. The van der Waals surface area contributed by atoms with Gasteiger partial charge >= 0.3 is 0 Å². The molecule has 5 heteroatoms. The van der Waals surface area contributed by atoms with E-state index in [1.165, 1.54) is 0 Å². The van der Waals surface area contributed by atoms with Gasteiger partial charge in [-0.05, 0) is 23.9 Å². The Hall–Kier alpha value is -1.36. The van der Waals surface area contributed by atoms with E-state index >= 15 is 0 Å². The van der Waals surface area contributed by atoms with Gasteiger partial charge in [0, 0.05) is 4.90 Å². The smallest absolute Gasteiger partial charge is 0.271 e. The fourth-order valence-electron chi connectivity index (χ4n) is 0.972. The molecule has 0 atom stereocenters. The predicted octanol–water partition coefficient (Wildman–Crippen LogP) is 1.12. The SMILES string of the molecule is O=[C]Sc1cccc2[nH]nnc12. The van der Waals surface area contributed by atoms with Crippen molar-refractivity contribution >= 4 is 28.4 Å². The lowest BCUT2D eigenvalue weighted by Gasteiger charge is -1.92. The van der Waals surface area contributed by atoms with Crippen LogP contribution in [0, 0.1) is 0 Å². The Labute approximate surface area is 72.3 Å². The number of carbonyl (C=O) groups excluding carboxylic acids is 1. The van der Waals surface area contributed by atoms with Crippen LogP contribution in [0.25, 0.3) is 11.0 Å². The molecule has 0 aliphatic heterocycles. The van der Waals surface area contributed by atoms with Gasteiger partial charge in [-0.25, -0.2) is 0 Å². The Kier molecular flexibility index (Phi) is 1.79. The van der Waals surface area contributed by atoms with E-state index in [1.54, 1.807) is 11.7 Å². The highest BCUT2D eigenvalue weighted by molar-refractivity contribution is 8.12. The number of aromatic amines is 1. The van der Waals surface area contributed by atoms with E-state index < -0.39 is 0 Å². The molecule has 2 aromatic rings. The summed E-state index contributed by atoms with van der Waals surface area (Å²) in [6.45, 7) is 0. The second kappa shape index (κ2) is 2.94. The first-order chi connectivity index (χ1) is 5.92. The van der Waals surface area contributed by atoms with E-state index in [0.29, 0.717) is 5.52 Å². The van der Waals surface area contributed by atoms with Crippen molar-refractivity contribution in [3.63, 3.8) is 0 Å². The molecule has 0 fully saturated rings. The van der Waals surface area contributed by atoms with Gasteiger partial charge in [0.05, 0.1) is 5.52 Å². The van der Waals surface area contributed by atoms with E-state index in [2.05, 4.69) is 15.4 Å². The van der Waals surface area contributed by atoms with Crippen molar-refractivity contribution in [1.29, 1.82) is 0 Å². The molecule has 2 rings (SSSR count). The molecule has 1 heterocycles. The van der Waals surface area contributed by atoms with Crippen molar-refractivity contribution in [3.8, 4) is 0 Å². The quantitative estimate of drug-likeness (QED) is 0.700. The molecular weight excluding hydrogens is 174 g/mol.